The molecule has 0 amide bonds. The number of hydrogen-bond acceptors (Lipinski definition) is 3. The average molecular weight is 214 g/mol. The van der Waals surface area contributed by atoms with E-state index >= 15 is 0 Å². The zero-order valence-corrected chi connectivity index (χ0v) is 8.71. The van der Waals surface area contributed by atoms with Crippen LogP contribution in [0.4, 0.5) is 0 Å². The summed E-state index contributed by atoms with van der Waals surface area (Å²) in [5.41, 5.74) is 2.60. The smallest absolute Gasteiger partial charge is 0.335 e. The number of benzene rings is 1. The van der Waals surface area contributed by atoms with E-state index in [4.69, 9.17) is 5.11 Å². The lowest BCUT2D eigenvalue weighted by Gasteiger charge is -2.03. The molecule has 0 unspecified atom stereocenters. The Kier molecular flexibility index (Phi) is 2.64. The normalized spacial score (nSPS) is 10.1. The fourth-order valence-electron chi connectivity index (χ4n) is 1.50. The third kappa shape index (κ3) is 2.06. The van der Waals surface area contributed by atoms with Crippen LogP contribution in [0, 0.1) is 6.92 Å². The van der Waals surface area contributed by atoms with Crippen molar-refractivity contribution in [2.75, 3.05) is 0 Å². The predicted molar refractivity (Wildman–Crippen MR) is 59.2 cm³/mol. The van der Waals surface area contributed by atoms with Crippen LogP contribution in [-0.4, -0.2) is 21.0 Å². The maximum Gasteiger partial charge on any atom is 0.335 e. The molecule has 2 aromatic rings. The SMILES string of the molecule is Cc1cc(C(=O)O)cc(-c2cnccn2)c1. The van der Waals surface area contributed by atoms with Crippen LogP contribution >= 0.6 is 0 Å². The molecule has 0 bridgehead atoms. The first-order valence-electron chi connectivity index (χ1n) is 4.78. The van der Waals surface area contributed by atoms with Crippen molar-refractivity contribution in [2.24, 2.45) is 0 Å². The van der Waals surface area contributed by atoms with Crippen molar-refractivity contribution < 1.29 is 9.90 Å². The van der Waals surface area contributed by atoms with Gasteiger partial charge in [-0.15, -0.1) is 0 Å². The molecule has 4 heteroatoms. The van der Waals surface area contributed by atoms with E-state index < -0.39 is 5.97 Å². The second-order valence-corrected chi connectivity index (χ2v) is 3.48. The molecule has 0 saturated heterocycles. The van der Waals surface area contributed by atoms with E-state index in [1.807, 2.05) is 13.0 Å². The number of aromatic carboxylic acids is 1. The molecule has 1 N–H and O–H groups in total. The van der Waals surface area contributed by atoms with Crippen LogP contribution < -0.4 is 0 Å². The van der Waals surface area contributed by atoms with Crippen LogP contribution in [0.25, 0.3) is 11.3 Å². The van der Waals surface area contributed by atoms with Crippen LogP contribution in [0.3, 0.4) is 0 Å². The van der Waals surface area contributed by atoms with Gasteiger partial charge in [0.15, 0.2) is 0 Å². The van der Waals surface area contributed by atoms with Crippen molar-refractivity contribution in [3.8, 4) is 11.3 Å². The molecule has 0 fully saturated rings. The second kappa shape index (κ2) is 4.10. The molecule has 1 heterocycles. The number of aromatic nitrogens is 2. The molecule has 0 aliphatic rings. The van der Waals surface area contributed by atoms with Gasteiger partial charge in [-0.05, 0) is 30.7 Å². The minimum absolute atomic E-state index is 0.264. The molecule has 0 saturated carbocycles. The highest BCUT2D eigenvalue weighted by Crippen LogP contribution is 2.19. The molecule has 0 aliphatic carbocycles. The highest BCUT2D eigenvalue weighted by molar-refractivity contribution is 5.89. The van der Waals surface area contributed by atoms with Gasteiger partial charge < -0.3 is 5.11 Å². The highest BCUT2D eigenvalue weighted by atomic mass is 16.4. The maximum atomic E-state index is 10.9. The summed E-state index contributed by atoms with van der Waals surface area (Å²) in [6.07, 6.45) is 4.77. The third-order valence-electron chi connectivity index (χ3n) is 2.18. The van der Waals surface area contributed by atoms with Crippen molar-refractivity contribution in [2.45, 2.75) is 6.92 Å². The molecule has 1 aromatic heterocycles. The quantitative estimate of drug-likeness (QED) is 0.831. The summed E-state index contributed by atoms with van der Waals surface area (Å²) >= 11 is 0. The molecular weight excluding hydrogens is 204 g/mol. The standard InChI is InChI=1S/C12H10N2O2/c1-8-4-9(6-10(5-8)12(15)16)11-7-13-2-3-14-11/h2-7H,1H3,(H,15,16). The van der Waals surface area contributed by atoms with E-state index in [1.165, 1.54) is 0 Å². The first kappa shape index (κ1) is 10.3. The molecule has 0 aliphatic heterocycles. The molecule has 16 heavy (non-hydrogen) atoms. The van der Waals surface area contributed by atoms with E-state index in [2.05, 4.69) is 9.97 Å². The zero-order chi connectivity index (χ0) is 11.5. The Morgan fingerprint density at radius 3 is 2.69 bits per heavy atom. The van der Waals surface area contributed by atoms with E-state index in [0.29, 0.717) is 5.69 Å². The van der Waals surface area contributed by atoms with Gasteiger partial charge in [0, 0.05) is 18.0 Å². The van der Waals surface area contributed by atoms with Gasteiger partial charge in [-0.2, -0.15) is 0 Å². The fourth-order valence-corrected chi connectivity index (χ4v) is 1.50. The van der Waals surface area contributed by atoms with Crippen LogP contribution in [0.1, 0.15) is 15.9 Å². The highest BCUT2D eigenvalue weighted by Gasteiger charge is 2.07. The predicted octanol–water partition coefficient (Wildman–Crippen LogP) is 2.15. The zero-order valence-electron chi connectivity index (χ0n) is 8.71. The number of rotatable bonds is 2. The second-order valence-electron chi connectivity index (χ2n) is 3.48. The Bertz CT molecular complexity index is 524. The Morgan fingerprint density at radius 1 is 1.25 bits per heavy atom. The molecule has 0 atom stereocenters. The monoisotopic (exact) mass is 214 g/mol. The first-order chi connectivity index (χ1) is 7.66. The molecule has 0 radical (unpaired) electrons. The van der Waals surface area contributed by atoms with E-state index in [0.717, 1.165) is 11.1 Å². The summed E-state index contributed by atoms with van der Waals surface area (Å²) in [6.45, 7) is 1.85. The maximum absolute atomic E-state index is 10.9. The van der Waals surface area contributed by atoms with Crippen LogP contribution in [0.2, 0.25) is 0 Å². The first-order valence-corrected chi connectivity index (χ1v) is 4.78. The number of hydrogen-bond donors (Lipinski definition) is 1. The van der Waals surface area contributed by atoms with E-state index in [-0.39, 0.29) is 5.56 Å². The fraction of sp³-hybridized carbons (Fsp3) is 0.0833. The topological polar surface area (TPSA) is 63.1 Å². The van der Waals surface area contributed by atoms with Crippen molar-refractivity contribution in [1.82, 2.24) is 9.97 Å². The Morgan fingerprint density at radius 2 is 2.06 bits per heavy atom. The molecule has 0 spiro atoms. The van der Waals surface area contributed by atoms with Gasteiger partial charge in [0.2, 0.25) is 0 Å². The van der Waals surface area contributed by atoms with Gasteiger partial charge in [0.1, 0.15) is 0 Å². The Hall–Kier alpha value is -2.23. The number of carboxylic acids is 1. The van der Waals surface area contributed by atoms with Gasteiger partial charge >= 0.3 is 5.97 Å². The lowest BCUT2D eigenvalue weighted by Crippen LogP contribution is -1.97. The van der Waals surface area contributed by atoms with Crippen molar-refractivity contribution in [3.05, 3.63) is 47.9 Å². The Balaban J connectivity index is 2.54. The number of carboxylic acid groups (broad SMARTS) is 1. The molecule has 2 rings (SSSR count). The average Bonchev–Trinajstić information content (AvgIpc) is 2.29. The summed E-state index contributed by atoms with van der Waals surface area (Å²) in [7, 11) is 0. The van der Waals surface area contributed by atoms with Crippen molar-refractivity contribution in [3.63, 3.8) is 0 Å². The molecule has 80 valence electrons. The molecule has 1 aromatic carbocycles. The van der Waals surface area contributed by atoms with Crippen LogP contribution in [0.5, 0.6) is 0 Å². The summed E-state index contributed by atoms with van der Waals surface area (Å²) in [6, 6.07) is 5.11. The van der Waals surface area contributed by atoms with Gasteiger partial charge in [-0.3, -0.25) is 9.97 Å². The summed E-state index contributed by atoms with van der Waals surface area (Å²) in [5, 5.41) is 8.94. The van der Waals surface area contributed by atoms with E-state index in [1.54, 1.807) is 30.7 Å². The van der Waals surface area contributed by atoms with Gasteiger partial charge in [0.25, 0.3) is 0 Å². The minimum atomic E-state index is -0.936. The number of nitrogens with zero attached hydrogens (tertiary/aromatic N) is 2. The lowest BCUT2D eigenvalue weighted by atomic mass is 10.0. The molecular formula is C12H10N2O2. The van der Waals surface area contributed by atoms with Crippen molar-refractivity contribution in [1.29, 1.82) is 0 Å². The number of aryl methyl sites for hydroxylation is 1. The third-order valence-corrected chi connectivity index (χ3v) is 2.18. The van der Waals surface area contributed by atoms with Crippen LogP contribution in [-0.2, 0) is 0 Å². The summed E-state index contributed by atoms with van der Waals surface area (Å²) in [4.78, 5) is 19.0. The van der Waals surface area contributed by atoms with Gasteiger partial charge in [0.05, 0.1) is 17.5 Å². The van der Waals surface area contributed by atoms with Gasteiger partial charge in [-0.25, -0.2) is 4.79 Å². The van der Waals surface area contributed by atoms with E-state index in [9.17, 15) is 4.79 Å². The largest absolute Gasteiger partial charge is 0.478 e. The lowest BCUT2D eigenvalue weighted by molar-refractivity contribution is 0.0697. The van der Waals surface area contributed by atoms with Crippen molar-refractivity contribution >= 4 is 5.97 Å². The van der Waals surface area contributed by atoms with Gasteiger partial charge in [-0.1, -0.05) is 0 Å². The number of carbonyl (C=O) groups is 1. The summed E-state index contributed by atoms with van der Waals surface area (Å²) in [5.74, 6) is -0.936. The minimum Gasteiger partial charge on any atom is -0.478 e. The van der Waals surface area contributed by atoms with Crippen LogP contribution in [0.15, 0.2) is 36.8 Å². The summed E-state index contributed by atoms with van der Waals surface area (Å²) < 4.78 is 0. The molecule has 4 nitrogen and oxygen atoms in total. The Labute approximate surface area is 92.6 Å².